The number of nitrogens with zero attached hydrogens (tertiary/aromatic N) is 1. The highest BCUT2D eigenvalue weighted by Crippen LogP contribution is 2.24. The van der Waals surface area contributed by atoms with Crippen LogP contribution in [-0.4, -0.2) is 29.0 Å². The minimum Gasteiger partial charge on any atom is -0.440 e. The van der Waals surface area contributed by atoms with Gasteiger partial charge in [-0.25, -0.2) is 4.98 Å². The maximum atomic E-state index is 12.2. The molecule has 1 aliphatic heterocycles. The normalized spacial score (nSPS) is 23.4. The average molecular weight is 328 g/mol. The van der Waals surface area contributed by atoms with Crippen molar-refractivity contribution in [3.63, 3.8) is 0 Å². The van der Waals surface area contributed by atoms with Gasteiger partial charge in [-0.15, -0.1) is 0 Å². The third-order valence-corrected chi connectivity index (χ3v) is 4.39. The van der Waals surface area contributed by atoms with E-state index >= 15 is 0 Å². The van der Waals surface area contributed by atoms with Crippen LogP contribution in [0, 0.1) is 6.92 Å². The summed E-state index contributed by atoms with van der Waals surface area (Å²) in [5.41, 5.74) is 8.12. The number of hydrogen-bond donors (Lipinski definition) is 3. The van der Waals surface area contributed by atoms with Gasteiger partial charge in [-0.3, -0.25) is 15.6 Å². The van der Waals surface area contributed by atoms with Crippen molar-refractivity contribution in [2.24, 2.45) is 0 Å². The second kappa shape index (κ2) is 7.15. The summed E-state index contributed by atoms with van der Waals surface area (Å²) < 4.78 is 5.85. The average Bonchev–Trinajstić information content (AvgIpc) is 3.11. The van der Waals surface area contributed by atoms with Crippen LogP contribution in [0.2, 0.25) is 0 Å². The summed E-state index contributed by atoms with van der Waals surface area (Å²) in [7, 11) is 0. The Hall–Kier alpha value is -2.18. The smallest absolute Gasteiger partial charge is 0.220 e. The summed E-state index contributed by atoms with van der Waals surface area (Å²) in [6.45, 7) is 6.02. The van der Waals surface area contributed by atoms with Crippen LogP contribution >= 0.6 is 0 Å². The Morgan fingerprint density at radius 2 is 1.88 bits per heavy atom. The molecule has 128 valence electrons. The first kappa shape index (κ1) is 16.7. The molecule has 2 unspecified atom stereocenters. The molecule has 1 aromatic heterocycles. The van der Waals surface area contributed by atoms with E-state index in [2.05, 4.69) is 21.2 Å². The lowest BCUT2D eigenvalue weighted by atomic mass is 10.1. The third-order valence-electron chi connectivity index (χ3n) is 4.39. The van der Waals surface area contributed by atoms with E-state index in [1.165, 1.54) is 0 Å². The molecular formula is C18H24N4O2. The summed E-state index contributed by atoms with van der Waals surface area (Å²) >= 11 is 0. The van der Waals surface area contributed by atoms with Gasteiger partial charge in [0.2, 0.25) is 5.91 Å². The van der Waals surface area contributed by atoms with E-state index in [1.54, 1.807) is 0 Å². The van der Waals surface area contributed by atoms with Gasteiger partial charge in [-0.05, 0) is 20.8 Å². The van der Waals surface area contributed by atoms with Gasteiger partial charge in [0.25, 0.3) is 0 Å². The lowest BCUT2D eigenvalue weighted by Crippen LogP contribution is -2.46. The maximum Gasteiger partial charge on any atom is 0.220 e. The van der Waals surface area contributed by atoms with Gasteiger partial charge in [0.1, 0.15) is 0 Å². The number of oxazole rings is 1. The van der Waals surface area contributed by atoms with Crippen LogP contribution in [0.1, 0.15) is 31.9 Å². The number of aromatic nitrogens is 1. The van der Waals surface area contributed by atoms with Crippen LogP contribution in [-0.2, 0) is 11.2 Å². The summed E-state index contributed by atoms with van der Waals surface area (Å²) in [5.74, 6) is 1.39. The first-order valence-electron chi connectivity index (χ1n) is 8.36. The molecule has 3 rings (SSSR count). The van der Waals surface area contributed by atoms with E-state index in [9.17, 15) is 4.79 Å². The highest BCUT2D eigenvalue weighted by atomic mass is 16.4. The van der Waals surface area contributed by atoms with Gasteiger partial charge in [-0.1, -0.05) is 30.3 Å². The summed E-state index contributed by atoms with van der Waals surface area (Å²) in [6, 6.07) is 10.4. The molecule has 1 amide bonds. The number of rotatable bonds is 5. The number of benzene rings is 1. The minimum absolute atomic E-state index is 0.0151. The van der Waals surface area contributed by atoms with Crippen LogP contribution in [0.15, 0.2) is 34.7 Å². The molecule has 2 aromatic rings. The van der Waals surface area contributed by atoms with Crippen molar-refractivity contribution in [3.05, 3.63) is 41.9 Å². The molecule has 0 saturated carbocycles. The number of nitrogens with one attached hydrogen (secondary N) is 3. The van der Waals surface area contributed by atoms with Crippen molar-refractivity contribution >= 4 is 5.91 Å². The standard InChI is InChI=1S/C18H24N4O2/c1-11-17(12(2)22-21-11)20-15(23)9-10-16-19-13(3)18(24-16)14-7-5-4-6-8-14/h4-8,11-12,17,21-22H,9-10H2,1-3H3,(H,20,23). The highest BCUT2D eigenvalue weighted by Gasteiger charge is 2.30. The van der Waals surface area contributed by atoms with Crippen molar-refractivity contribution in [3.8, 4) is 11.3 Å². The molecule has 0 spiro atoms. The lowest BCUT2D eigenvalue weighted by molar-refractivity contribution is -0.122. The van der Waals surface area contributed by atoms with Crippen LogP contribution < -0.4 is 16.2 Å². The number of carbonyl (C=O) groups is 1. The molecule has 6 nitrogen and oxygen atoms in total. The second-order valence-corrected chi connectivity index (χ2v) is 6.35. The number of hydrogen-bond acceptors (Lipinski definition) is 5. The Morgan fingerprint density at radius 3 is 2.54 bits per heavy atom. The van der Waals surface area contributed by atoms with Crippen molar-refractivity contribution in [2.45, 2.75) is 51.7 Å². The predicted molar refractivity (Wildman–Crippen MR) is 92.1 cm³/mol. The number of carbonyl (C=O) groups excluding carboxylic acids is 1. The molecule has 0 bridgehead atoms. The van der Waals surface area contributed by atoms with Crippen molar-refractivity contribution in [1.29, 1.82) is 0 Å². The number of amides is 1. The van der Waals surface area contributed by atoms with Crippen LogP contribution in [0.4, 0.5) is 0 Å². The molecular weight excluding hydrogens is 304 g/mol. The van der Waals surface area contributed by atoms with E-state index in [0.717, 1.165) is 17.0 Å². The molecule has 3 N–H and O–H groups in total. The van der Waals surface area contributed by atoms with Crippen LogP contribution in [0.25, 0.3) is 11.3 Å². The van der Waals surface area contributed by atoms with Gasteiger partial charge in [-0.2, -0.15) is 0 Å². The van der Waals surface area contributed by atoms with Crippen molar-refractivity contribution in [2.75, 3.05) is 0 Å². The zero-order valence-electron chi connectivity index (χ0n) is 14.3. The van der Waals surface area contributed by atoms with E-state index < -0.39 is 0 Å². The van der Waals surface area contributed by atoms with E-state index in [4.69, 9.17) is 4.42 Å². The molecule has 2 atom stereocenters. The van der Waals surface area contributed by atoms with Crippen LogP contribution in [0.3, 0.4) is 0 Å². The summed E-state index contributed by atoms with van der Waals surface area (Å²) in [6.07, 6.45) is 0.861. The van der Waals surface area contributed by atoms with E-state index in [-0.39, 0.29) is 24.0 Å². The Morgan fingerprint density at radius 1 is 1.21 bits per heavy atom. The molecule has 2 heterocycles. The molecule has 1 fully saturated rings. The minimum atomic E-state index is 0.0151. The Bertz CT molecular complexity index is 688. The van der Waals surface area contributed by atoms with Crippen molar-refractivity contribution in [1.82, 2.24) is 21.2 Å². The fourth-order valence-corrected chi connectivity index (χ4v) is 3.02. The second-order valence-electron chi connectivity index (χ2n) is 6.35. The molecule has 1 aromatic carbocycles. The van der Waals surface area contributed by atoms with Crippen LogP contribution in [0.5, 0.6) is 0 Å². The molecule has 6 heteroatoms. The Balaban J connectivity index is 1.58. The Labute approximate surface area is 142 Å². The van der Waals surface area contributed by atoms with Gasteiger partial charge in [0, 0.05) is 30.5 Å². The maximum absolute atomic E-state index is 12.2. The van der Waals surface area contributed by atoms with Gasteiger partial charge >= 0.3 is 0 Å². The predicted octanol–water partition coefficient (Wildman–Crippen LogP) is 1.95. The van der Waals surface area contributed by atoms with Gasteiger partial charge in [0.05, 0.1) is 11.7 Å². The first-order valence-corrected chi connectivity index (χ1v) is 8.36. The zero-order chi connectivity index (χ0) is 17.1. The number of aryl methyl sites for hydroxylation is 2. The monoisotopic (exact) mass is 328 g/mol. The fourth-order valence-electron chi connectivity index (χ4n) is 3.02. The quantitative estimate of drug-likeness (QED) is 0.782. The molecule has 1 saturated heterocycles. The first-order chi connectivity index (χ1) is 11.5. The largest absolute Gasteiger partial charge is 0.440 e. The third kappa shape index (κ3) is 3.66. The number of hydrazine groups is 1. The lowest BCUT2D eigenvalue weighted by Gasteiger charge is -2.19. The fraction of sp³-hybridized carbons (Fsp3) is 0.444. The van der Waals surface area contributed by atoms with E-state index in [1.807, 2.05) is 51.1 Å². The molecule has 0 radical (unpaired) electrons. The molecule has 0 aliphatic carbocycles. The Kier molecular flexibility index (Phi) is 4.97. The van der Waals surface area contributed by atoms with Gasteiger partial charge in [0.15, 0.2) is 11.7 Å². The molecule has 1 aliphatic rings. The molecule has 24 heavy (non-hydrogen) atoms. The summed E-state index contributed by atoms with van der Waals surface area (Å²) in [4.78, 5) is 16.6. The van der Waals surface area contributed by atoms with E-state index in [0.29, 0.717) is 18.7 Å². The highest BCUT2D eigenvalue weighted by molar-refractivity contribution is 5.76. The van der Waals surface area contributed by atoms with Gasteiger partial charge < -0.3 is 9.73 Å². The topological polar surface area (TPSA) is 79.2 Å². The van der Waals surface area contributed by atoms with Crippen molar-refractivity contribution < 1.29 is 9.21 Å². The summed E-state index contributed by atoms with van der Waals surface area (Å²) in [5, 5.41) is 3.07. The SMILES string of the molecule is Cc1nc(CCC(=O)NC2C(C)NNC2C)oc1-c1ccccc1. The zero-order valence-corrected chi connectivity index (χ0v) is 14.3.